The fraction of sp³-hybridized carbons (Fsp3) is 0.278. The number of nitrogens with one attached hydrogen (secondary N) is 1. The standard InChI is InChI=1S/C18H20ClNO/c1-12-4-7-16(10-13(12)2)14(3)20-18(21)11-15-5-8-17(19)9-6-15/h4-10,14H,11H2,1-3H3,(H,20,21)/t14-/m0/s1. The molecule has 0 radical (unpaired) electrons. The number of aryl methyl sites for hydroxylation is 2. The van der Waals surface area contributed by atoms with E-state index in [1.807, 2.05) is 19.1 Å². The van der Waals surface area contributed by atoms with Crippen LogP contribution >= 0.6 is 11.6 Å². The molecule has 1 atom stereocenters. The third-order valence-electron chi connectivity index (χ3n) is 3.69. The van der Waals surface area contributed by atoms with Gasteiger partial charge in [0.05, 0.1) is 12.5 Å². The molecule has 0 saturated heterocycles. The Morgan fingerprint density at radius 2 is 1.76 bits per heavy atom. The van der Waals surface area contributed by atoms with Gasteiger partial charge in [0.1, 0.15) is 0 Å². The summed E-state index contributed by atoms with van der Waals surface area (Å²) in [6.07, 6.45) is 0.367. The number of hydrogen-bond donors (Lipinski definition) is 1. The van der Waals surface area contributed by atoms with Crippen LogP contribution in [0.15, 0.2) is 42.5 Å². The highest BCUT2D eigenvalue weighted by atomic mass is 35.5. The van der Waals surface area contributed by atoms with E-state index in [1.54, 1.807) is 12.1 Å². The Balaban J connectivity index is 1.98. The molecule has 2 aromatic carbocycles. The smallest absolute Gasteiger partial charge is 0.224 e. The molecule has 0 fully saturated rings. The highest BCUT2D eigenvalue weighted by Gasteiger charge is 2.10. The number of carbonyl (C=O) groups excluding carboxylic acids is 1. The molecule has 0 bridgehead atoms. The molecule has 3 heteroatoms. The number of amides is 1. The van der Waals surface area contributed by atoms with Crippen LogP contribution in [0, 0.1) is 13.8 Å². The molecule has 21 heavy (non-hydrogen) atoms. The Morgan fingerprint density at radius 3 is 2.38 bits per heavy atom. The predicted molar refractivity (Wildman–Crippen MR) is 87.6 cm³/mol. The third-order valence-corrected chi connectivity index (χ3v) is 3.94. The lowest BCUT2D eigenvalue weighted by molar-refractivity contribution is -0.121. The molecule has 0 unspecified atom stereocenters. The second-order valence-corrected chi connectivity index (χ2v) is 5.87. The molecule has 2 rings (SSSR count). The first-order valence-corrected chi connectivity index (χ1v) is 7.44. The van der Waals surface area contributed by atoms with E-state index in [9.17, 15) is 4.79 Å². The van der Waals surface area contributed by atoms with Crippen LogP contribution in [-0.4, -0.2) is 5.91 Å². The fourth-order valence-corrected chi connectivity index (χ4v) is 2.32. The van der Waals surface area contributed by atoms with Crippen molar-refractivity contribution in [3.05, 3.63) is 69.7 Å². The molecule has 110 valence electrons. The van der Waals surface area contributed by atoms with E-state index in [0.29, 0.717) is 11.4 Å². The lowest BCUT2D eigenvalue weighted by atomic mass is 10.0. The van der Waals surface area contributed by atoms with Gasteiger partial charge in [0.25, 0.3) is 0 Å². The molecule has 0 saturated carbocycles. The summed E-state index contributed by atoms with van der Waals surface area (Å²) in [7, 11) is 0. The largest absolute Gasteiger partial charge is 0.349 e. The molecule has 0 spiro atoms. The molecule has 0 aliphatic carbocycles. The van der Waals surface area contributed by atoms with E-state index in [1.165, 1.54) is 11.1 Å². The maximum absolute atomic E-state index is 12.1. The van der Waals surface area contributed by atoms with Gasteiger partial charge in [-0.25, -0.2) is 0 Å². The van der Waals surface area contributed by atoms with Gasteiger partial charge < -0.3 is 5.32 Å². The zero-order valence-electron chi connectivity index (χ0n) is 12.6. The maximum atomic E-state index is 12.1. The van der Waals surface area contributed by atoms with Crippen LogP contribution < -0.4 is 5.32 Å². The summed E-state index contributed by atoms with van der Waals surface area (Å²) in [4.78, 5) is 12.1. The fourth-order valence-electron chi connectivity index (χ4n) is 2.20. The molecule has 1 amide bonds. The summed E-state index contributed by atoms with van der Waals surface area (Å²) in [5.41, 5.74) is 4.59. The van der Waals surface area contributed by atoms with Crippen LogP contribution in [0.1, 0.15) is 35.2 Å². The summed E-state index contributed by atoms with van der Waals surface area (Å²) in [6, 6.07) is 13.6. The molecule has 0 aliphatic rings. The van der Waals surface area contributed by atoms with Crippen LogP contribution in [0.2, 0.25) is 5.02 Å². The van der Waals surface area contributed by atoms with Crippen molar-refractivity contribution < 1.29 is 4.79 Å². The summed E-state index contributed by atoms with van der Waals surface area (Å²) in [5.74, 6) is 0.0167. The second kappa shape index (κ2) is 6.77. The van der Waals surface area contributed by atoms with Gasteiger partial charge >= 0.3 is 0 Å². The first kappa shape index (κ1) is 15.6. The van der Waals surface area contributed by atoms with Gasteiger partial charge in [-0.15, -0.1) is 0 Å². The molecule has 1 N–H and O–H groups in total. The van der Waals surface area contributed by atoms with Crippen LogP contribution in [0.25, 0.3) is 0 Å². The zero-order chi connectivity index (χ0) is 15.4. The Kier molecular flexibility index (Phi) is 5.03. The normalized spacial score (nSPS) is 12.0. The number of halogens is 1. The van der Waals surface area contributed by atoms with Crippen molar-refractivity contribution in [2.75, 3.05) is 0 Å². The first-order chi connectivity index (χ1) is 9.95. The summed E-state index contributed by atoms with van der Waals surface area (Å²) >= 11 is 5.84. The zero-order valence-corrected chi connectivity index (χ0v) is 13.4. The van der Waals surface area contributed by atoms with Gasteiger partial charge in [0.15, 0.2) is 0 Å². The Morgan fingerprint density at radius 1 is 1.10 bits per heavy atom. The van der Waals surface area contributed by atoms with Crippen molar-refractivity contribution in [1.82, 2.24) is 5.32 Å². The number of hydrogen-bond acceptors (Lipinski definition) is 1. The lowest BCUT2D eigenvalue weighted by Crippen LogP contribution is -2.28. The minimum atomic E-state index is 0.00380. The quantitative estimate of drug-likeness (QED) is 0.892. The molecular formula is C18H20ClNO. The summed E-state index contributed by atoms with van der Waals surface area (Å²) in [5, 5.41) is 3.72. The van der Waals surface area contributed by atoms with Crippen molar-refractivity contribution in [3.8, 4) is 0 Å². The van der Waals surface area contributed by atoms with Gasteiger partial charge in [-0.1, -0.05) is 41.9 Å². The van der Waals surface area contributed by atoms with Crippen molar-refractivity contribution in [3.63, 3.8) is 0 Å². The van der Waals surface area contributed by atoms with E-state index in [-0.39, 0.29) is 11.9 Å². The topological polar surface area (TPSA) is 29.1 Å². The van der Waals surface area contributed by atoms with Gasteiger partial charge in [0, 0.05) is 5.02 Å². The van der Waals surface area contributed by atoms with E-state index in [4.69, 9.17) is 11.6 Å². The molecule has 0 aliphatic heterocycles. The molecule has 0 heterocycles. The van der Waals surface area contributed by atoms with E-state index in [0.717, 1.165) is 11.1 Å². The summed E-state index contributed by atoms with van der Waals surface area (Å²) in [6.45, 7) is 6.17. The van der Waals surface area contributed by atoms with Crippen LogP contribution in [0.4, 0.5) is 0 Å². The van der Waals surface area contributed by atoms with E-state index < -0.39 is 0 Å². The van der Waals surface area contributed by atoms with Gasteiger partial charge in [-0.05, 0) is 55.2 Å². The number of benzene rings is 2. The maximum Gasteiger partial charge on any atom is 0.224 e. The average molecular weight is 302 g/mol. The van der Waals surface area contributed by atoms with Crippen LogP contribution in [0.5, 0.6) is 0 Å². The van der Waals surface area contributed by atoms with Crippen molar-refractivity contribution in [1.29, 1.82) is 0 Å². The summed E-state index contributed by atoms with van der Waals surface area (Å²) < 4.78 is 0. The van der Waals surface area contributed by atoms with Crippen molar-refractivity contribution in [2.45, 2.75) is 33.2 Å². The van der Waals surface area contributed by atoms with Gasteiger partial charge in [-0.2, -0.15) is 0 Å². The Bertz CT molecular complexity index is 634. The average Bonchev–Trinajstić information content (AvgIpc) is 2.44. The Hall–Kier alpha value is -1.80. The second-order valence-electron chi connectivity index (χ2n) is 5.44. The molecule has 2 nitrogen and oxygen atoms in total. The molecule has 2 aromatic rings. The third kappa shape index (κ3) is 4.33. The van der Waals surface area contributed by atoms with Crippen molar-refractivity contribution in [2.24, 2.45) is 0 Å². The first-order valence-electron chi connectivity index (χ1n) is 7.06. The SMILES string of the molecule is Cc1ccc([C@H](C)NC(=O)Cc2ccc(Cl)cc2)cc1C. The van der Waals surface area contributed by atoms with Crippen LogP contribution in [-0.2, 0) is 11.2 Å². The minimum absolute atomic E-state index is 0.00380. The van der Waals surface area contributed by atoms with Crippen molar-refractivity contribution >= 4 is 17.5 Å². The van der Waals surface area contributed by atoms with E-state index in [2.05, 4.69) is 37.4 Å². The van der Waals surface area contributed by atoms with E-state index >= 15 is 0 Å². The lowest BCUT2D eigenvalue weighted by Gasteiger charge is -2.16. The number of rotatable bonds is 4. The van der Waals surface area contributed by atoms with Gasteiger partial charge in [-0.3, -0.25) is 4.79 Å². The Labute approximate surface area is 131 Å². The van der Waals surface area contributed by atoms with Gasteiger partial charge in [0.2, 0.25) is 5.91 Å². The highest BCUT2D eigenvalue weighted by molar-refractivity contribution is 6.30. The molecular weight excluding hydrogens is 282 g/mol. The monoisotopic (exact) mass is 301 g/mol. The highest BCUT2D eigenvalue weighted by Crippen LogP contribution is 2.17. The minimum Gasteiger partial charge on any atom is -0.349 e. The number of carbonyl (C=O) groups is 1. The molecule has 0 aromatic heterocycles. The van der Waals surface area contributed by atoms with Crippen LogP contribution in [0.3, 0.4) is 0 Å². The predicted octanol–water partition coefficient (Wildman–Crippen LogP) is 4.38.